The second kappa shape index (κ2) is 6.38. The molecule has 0 atom stereocenters. The smallest absolute Gasteiger partial charge is 0.367 e. The highest BCUT2D eigenvalue weighted by Crippen LogP contribution is 2.29. The number of hydrogen-bond donors (Lipinski definition) is 0. The first-order valence-corrected chi connectivity index (χ1v) is 8.37. The van der Waals surface area contributed by atoms with E-state index in [1.54, 1.807) is 25.4 Å². The van der Waals surface area contributed by atoms with Crippen LogP contribution in [0.2, 0.25) is 0 Å². The topological polar surface area (TPSA) is 90.7 Å². The minimum Gasteiger partial charge on any atom is -0.381 e. The molecule has 0 unspecified atom stereocenters. The largest absolute Gasteiger partial charge is 0.381 e. The number of hydroxylamine groups is 2. The minimum absolute atomic E-state index is 0.0784. The van der Waals surface area contributed by atoms with Gasteiger partial charge < -0.3 is 9.57 Å². The number of amides is 2. The lowest BCUT2D eigenvalue weighted by Crippen LogP contribution is -2.33. The third kappa shape index (κ3) is 2.68. The van der Waals surface area contributed by atoms with Gasteiger partial charge >= 0.3 is 5.97 Å². The van der Waals surface area contributed by atoms with E-state index in [2.05, 4.69) is 5.10 Å². The SMILES string of the molecule is Cn1cc(C(=O)ON2C(=O)c3ccccc3C2=O)c(C2CCOCC2)n1. The molecule has 3 heterocycles. The summed E-state index contributed by atoms with van der Waals surface area (Å²) in [6.07, 6.45) is 3.06. The summed E-state index contributed by atoms with van der Waals surface area (Å²) in [5.41, 5.74) is 1.32. The number of imide groups is 1. The van der Waals surface area contributed by atoms with Crippen LogP contribution in [0.4, 0.5) is 0 Å². The van der Waals surface area contributed by atoms with E-state index in [1.165, 1.54) is 16.8 Å². The predicted octanol–water partition coefficient (Wildman–Crippen LogP) is 1.68. The molecular weight excluding hydrogens is 338 g/mol. The van der Waals surface area contributed by atoms with Crippen LogP contribution in [0.15, 0.2) is 30.5 Å². The molecule has 1 saturated heterocycles. The molecule has 8 heteroatoms. The van der Waals surface area contributed by atoms with Crippen molar-refractivity contribution in [2.45, 2.75) is 18.8 Å². The van der Waals surface area contributed by atoms with Gasteiger partial charge in [0.15, 0.2) is 0 Å². The maximum absolute atomic E-state index is 12.7. The number of hydrogen-bond acceptors (Lipinski definition) is 6. The maximum atomic E-state index is 12.7. The zero-order valence-corrected chi connectivity index (χ0v) is 14.2. The monoisotopic (exact) mass is 355 g/mol. The van der Waals surface area contributed by atoms with Crippen molar-refractivity contribution in [3.63, 3.8) is 0 Å². The molecule has 0 N–H and O–H groups in total. The Morgan fingerprint density at radius 2 is 1.77 bits per heavy atom. The van der Waals surface area contributed by atoms with Gasteiger partial charge in [0, 0.05) is 32.4 Å². The first-order chi connectivity index (χ1) is 12.6. The van der Waals surface area contributed by atoms with Gasteiger partial charge in [-0.05, 0) is 25.0 Å². The molecule has 0 radical (unpaired) electrons. The zero-order chi connectivity index (χ0) is 18.3. The summed E-state index contributed by atoms with van der Waals surface area (Å²) >= 11 is 0. The Morgan fingerprint density at radius 1 is 1.15 bits per heavy atom. The van der Waals surface area contributed by atoms with E-state index in [-0.39, 0.29) is 22.6 Å². The Balaban J connectivity index is 1.58. The molecule has 0 spiro atoms. The molecular formula is C18H17N3O5. The molecule has 26 heavy (non-hydrogen) atoms. The van der Waals surface area contributed by atoms with Crippen LogP contribution in [0, 0.1) is 0 Å². The number of aromatic nitrogens is 2. The molecule has 8 nitrogen and oxygen atoms in total. The molecule has 134 valence electrons. The third-order valence-electron chi connectivity index (χ3n) is 4.62. The third-order valence-corrected chi connectivity index (χ3v) is 4.62. The Hall–Kier alpha value is -3.00. The van der Waals surface area contributed by atoms with Crippen molar-refractivity contribution < 1.29 is 24.0 Å². The number of nitrogens with zero attached hydrogens (tertiary/aromatic N) is 3. The number of benzene rings is 1. The summed E-state index contributed by atoms with van der Waals surface area (Å²) in [5, 5.41) is 4.90. The summed E-state index contributed by atoms with van der Waals surface area (Å²) in [4.78, 5) is 42.5. The molecule has 2 amide bonds. The lowest BCUT2D eigenvalue weighted by molar-refractivity contribution is -0.0586. The molecule has 1 aromatic heterocycles. The van der Waals surface area contributed by atoms with Crippen molar-refractivity contribution in [1.82, 2.24) is 14.8 Å². The van der Waals surface area contributed by atoms with E-state index < -0.39 is 17.8 Å². The van der Waals surface area contributed by atoms with Crippen molar-refractivity contribution >= 4 is 17.8 Å². The maximum Gasteiger partial charge on any atom is 0.367 e. The fourth-order valence-corrected chi connectivity index (χ4v) is 3.32. The lowest BCUT2D eigenvalue weighted by Gasteiger charge is -2.21. The van der Waals surface area contributed by atoms with E-state index in [4.69, 9.17) is 9.57 Å². The van der Waals surface area contributed by atoms with Crippen molar-refractivity contribution in [2.75, 3.05) is 13.2 Å². The molecule has 1 aromatic carbocycles. The Bertz CT molecular complexity index is 863. The van der Waals surface area contributed by atoms with Crippen LogP contribution in [-0.2, 0) is 16.6 Å². The van der Waals surface area contributed by atoms with Gasteiger partial charge in [0.1, 0.15) is 5.56 Å². The number of carbonyl (C=O) groups excluding carboxylic acids is 3. The van der Waals surface area contributed by atoms with Crippen LogP contribution in [0.25, 0.3) is 0 Å². The Labute approximate surface area is 149 Å². The average molecular weight is 355 g/mol. The Kier molecular flexibility index (Phi) is 4.04. The number of fused-ring (bicyclic) bond motifs is 1. The van der Waals surface area contributed by atoms with Gasteiger partial charge in [0.25, 0.3) is 11.8 Å². The fraction of sp³-hybridized carbons (Fsp3) is 0.333. The normalized spacial score (nSPS) is 17.5. The predicted molar refractivity (Wildman–Crippen MR) is 88.4 cm³/mol. The summed E-state index contributed by atoms with van der Waals surface area (Å²) in [5.74, 6) is -1.98. The average Bonchev–Trinajstić information content (AvgIpc) is 3.17. The van der Waals surface area contributed by atoms with Crippen LogP contribution in [0.5, 0.6) is 0 Å². The van der Waals surface area contributed by atoms with Crippen molar-refractivity contribution in [3.8, 4) is 0 Å². The standard InChI is InChI=1S/C18H17N3O5/c1-20-10-14(15(19-20)11-6-8-25-9-7-11)18(24)26-21-16(22)12-4-2-3-5-13(12)17(21)23/h2-5,10-11H,6-9H2,1H3. The van der Waals surface area contributed by atoms with Crippen LogP contribution in [0.3, 0.4) is 0 Å². The van der Waals surface area contributed by atoms with Gasteiger partial charge in [-0.25, -0.2) is 4.79 Å². The van der Waals surface area contributed by atoms with Crippen LogP contribution < -0.4 is 0 Å². The first kappa shape index (κ1) is 16.5. The van der Waals surface area contributed by atoms with Crippen LogP contribution >= 0.6 is 0 Å². The number of rotatable bonds is 3. The quantitative estimate of drug-likeness (QED) is 0.778. The van der Waals surface area contributed by atoms with Crippen LogP contribution in [0.1, 0.15) is 55.5 Å². The van der Waals surface area contributed by atoms with Gasteiger partial charge in [0.2, 0.25) is 0 Å². The summed E-state index contributed by atoms with van der Waals surface area (Å²) < 4.78 is 6.88. The molecule has 2 aliphatic rings. The number of carbonyl (C=O) groups is 3. The lowest BCUT2D eigenvalue weighted by atomic mass is 9.94. The summed E-state index contributed by atoms with van der Waals surface area (Å²) in [6.45, 7) is 1.21. The molecule has 0 bridgehead atoms. The van der Waals surface area contributed by atoms with Gasteiger partial charge in [-0.2, -0.15) is 5.10 Å². The second-order valence-corrected chi connectivity index (χ2v) is 6.32. The van der Waals surface area contributed by atoms with E-state index >= 15 is 0 Å². The van der Waals surface area contributed by atoms with E-state index in [9.17, 15) is 14.4 Å². The molecule has 1 fully saturated rings. The number of aryl methyl sites for hydroxylation is 1. The first-order valence-electron chi connectivity index (χ1n) is 8.37. The van der Waals surface area contributed by atoms with Crippen LogP contribution in [-0.4, -0.2) is 45.8 Å². The van der Waals surface area contributed by atoms with Crippen molar-refractivity contribution in [3.05, 3.63) is 52.8 Å². The molecule has 4 rings (SSSR count). The fourth-order valence-electron chi connectivity index (χ4n) is 3.32. The highest BCUT2D eigenvalue weighted by Gasteiger charge is 2.39. The van der Waals surface area contributed by atoms with Gasteiger partial charge in [0.05, 0.1) is 16.8 Å². The summed E-state index contributed by atoms with van der Waals surface area (Å²) in [6, 6.07) is 6.36. The van der Waals surface area contributed by atoms with E-state index in [1.807, 2.05) is 0 Å². The molecule has 0 aliphatic carbocycles. The zero-order valence-electron chi connectivity index (χ0n) is 14.2. The molecule has 2 aliphatic heterocycles. The Morgan fingerprint density at radius 3 is 2.38 bits per heavy atom. The van der Waals surface area contributed by atoms with Crippen molar-refractivity contribution in [2.24, 2.45) is 7.05 Å². The highest BCUT2D eigenvalue weighted by molar-refractivity contribution is 6.21. The minimum atomic E-state index is -0.769. The van der Waals surface area contributed by atoms with Gasteiger partial charge in [-0.3, -0.25) is 14.3 Å². The summed E-state index contributed by atoms with van der Waals surface area (Å²) in [7, 11) is 1.71. The van der Waals surface area contributed by atoms with E-state index in [0.717, 1.165) is 12.8 Å². The van der Waals surface area contributed by atoms with Crippen molar-refractivity contribution in [1.29, 1.82) is 0 Å². The van der Waals surface area contributed by atoms with E-state index in [0.29, 0.717) is 24.0 Å². The highest BCUT2D eigenvalue weighted by atomic mass is 16.7. The number of ether oxygens (including phenoxy) is 1. The molecule has 2 aromatic rings. The molecule has 0 saturated carbocycles. The van der Waals surface area contributed by atoms with Gasteiger partial charge in [-0.1, -0.05) is 17.2 Å². The van der Waals surface area contributed by atoms with Gasteiger partial charge in [-0.15, -0.1) is 0 Å². The second-order valence-electron chi connectivity index (χ2n) is 6.32.